The van der Waals surface area contributed by atoms with Gasteiger partial charge in [-0.15, -0.1) is 0 Å². The lowest BCUT2D eigenvalue weighted by atomic mass is 9.99. The van der Waals surface area contributed by atoms with Crippen molar-refractivity contribution in [2.24, 2.45) is 0 Å². The molecular weight excluding hydrogens is 231 g/mol. The third-order valence-corrected chi connectivity index (χ3v) is 2.88. The lowest BCUT2D eigenvalue weighted by molar-refractivity contribution is 0.0677. The zero-order valence-corrected chi connectivity index (χ0v) is 10.1. The van der Waals surface area contributed by atoms with Crippen LogP contribution in [0.5, 0.6) is 0 Å². The van der Waals surface area contributed by atoms with Gasteiger partial charge in [0, 0.05) is 0 Å². The van der Waals surface area contributed by atoms with E-state index in [1.165, 1.54) is 6.07 Å². The molecule has 0 aliphatic heterocycles. The van der Waals surface area contributed by atoms with Gasteiger partial charge in [0.05, 0.1) is 5.56 Å². The van der Waals surface area contributed by atoms with Gasteiger partial charge in [0.2, 0.25) is 0 Å². The summed E-state index contributed by atoms with van der Waals surface area (Å²) in [6.45, 7) is 5.43. The number of phosphoric acid groups is 1. The van der Waals surface area contributed by atoms with E-state index in [0.29, 0.717) is 5.56 Å². The Morgan fingerprint density at radius 1 is 1.19 bits per heavy atom. The van der Waals surface area contributed by atoms with Crippen LogP contribution in [0, 0.1) is 20.8 Å². The van der Waals surface area contributed by atoms with E-state index in [0.717, 1.165) is 11.1 Å². The Kier molecular flexibility index (Phi) is 3.53. The summed E-state index contributed by atoms with van der Waals surface area (Å²) in [5, 5.41) is 0. The van der Waals surface area contributed by atoms with Crippen molar-refractivity contribution in [1.29, 1.82) is 0 Å². The zero-order valence-electron chi connectivity index (χ0n) is 9.22. The fraction of sp³-hybridized carbons (Fsp3) is 0.300. The molecule has 16 heavy (non-hydrogen) atoms. The van der Waals surface area contributed by atoms with Crippen molar-refractivity contribution < 1.29 is 23.7 Å². The molecule has 0 atom stereocenters. The minimum atomic E-state index is -4.78. The lowest BCUT2D eigenvalue weighted by Gasteiger charge is -2.10. The molecule has 1 aromatic carbocycles. The zero-order chi connectivity index (χ0) is 12.5. The van der Waals surface area contributed by atoms with Crippen molar-refractivity contribution in [1.82, 2.24) is 0 Å². The predicted octanol–water partition coefficient (Wildman–Crippen LogP) is 1.86. The Morgan fingerprint density at radius 2 is 1.75 bits per heavy atom. The fourth-order valence-corrected chi connectivity index (χ4v) is 1.65. The molecule has 0 amide bonds. The molecule has 0 spiro atoms. The SMILES string of the molecule is Cc1ccc(C(=O)OP(=O)(O)O)c(C)c1C. The molecule has 5 nitrogen and oxygen atoms in total. The Hall–Kier alpha value is -1.16. The average molecular weight is 244 g/mol. The quantitative estimate of drug-likeness (QED) is 0.776. The summed E-state index contributed by atoms with van der Waals surface area (Å²) in [5.74, 6) is -1.01. The van der Waals surface area contributed by atoms with Crippen molar-refractivity contribution in [3.8, 4) is 0 Å². The largest absolute Gasteiger partial charge is 0.527 e. The smallest absolute Gasteiger partial charge is 0.367 e. The number of hydrogen-bond acceptors (Lipinski definition) is 3. The average Bonchev–Trinajstić information content (AvgIpc) is 2.11. The van der Waals surface area contributed by atoms with Gasteiger partial charge in [0.25, 0.3) is 0 Å². The standard InChI is InChI=1S/C10H13O5P/c1-6-4-5-9(8(3)7(6)2)10(11)15-16(12,13)14/h4-5H,1-3H3,(H2,12,13,14). The monoisotopic (exact) mass is 244 g/mol. The Morgan fingerprint density at radius 3 is 2.25 bits per heavy atom. The molecule has 2 N–H and O–H groups in total. The lowest BCUT2D eigenvalue weighted by Crippen LogP contribution is -2.07. The summed E-state index contributed by atoms with van der Waals surface area (Å²) in [5.41, 5.74) is 2.75. The number of phosphoric ester groups is 1. The molecule has 0 heterocycles. The van der Waals surface area contributed by atoms with Gasteiger partial charge >= 0.3 is 13.8 Å². The summed E-state index contributed by atoms with van der Waals surface area (Å²) in [6.07, 6.45) is 0. The molecule has 0 radical (unpaired) electrons. The third kappa shape index (κ3) is 2.92. The van der Waals surface area contributed by atoms with E-state index < -0.39 is 13.8 Å². The van der Waals surface area contributed by atoms with E-state index in [9.17, 15) is 9.36 Å². The van der Waals surface area contributed by atoms with Gasteiger partial charge in [-0.25, -0.2) is 9.36 Å². The van der Waals surface area contributed by atoms with Crippen molar-refractivity contribution in [3.63, 3.8) is 0 Å². The van der Waals surface area contributed by atoms with E-state index in [-0.39, 0.29) is 5.56 Å². The van der Waals surface area contributed by atoms with E-state index in [1.54, 1.807) is 13.0 Å². The molecular formula is C10H13O5P. The van der Waals surface area contributed by atoms with Gasteiger partial charge in [-0.1, -0.05) is 6.07 Å². The molecule has 0 aliphatic carbocycles. The van der Waals surface area contributed by atoms with Crippen LogP contribution in [0.1, 0.15) is 27.0 Å². The fourth-order valence-electron chi connectivity index (χ4n) is 1.33. The topological polar surface area (TPSA) is 83.8 Å². The van der Waals surface area contributed by atoms with E-state index in [1.807, 2.05) is 13.8 Å². The van der Waals surface area contributed by atoms with E-state index in [2.05, 4.69) is 4.52 Å². The van der Waals surface area contributed by atoms with Crippen molar-refractivity contribution in [2.45, 2.75) is 20.8 Å². The van der Waals surface area contributed by atoms with E-state index >= 15 is 0 Å². The predicted molar refractivity (Wildman–Crippen MR) is 58.1 cm³/mol. The highest BCUT2D eigenvalue weighted by Crippen LogP contribution is 2.37. The molecule has 88 valence electrons. The van der Waals surface area contributed by atoms with Crippen LogP contribution in [-0.4, -0.2) is 15.8 Å². The van der Waals surface area contributed by atoms with Crippen LogP contribution in [0.2, 0.25) is 0 Å². The van der Waals surface area contributed by atoms with Crippen LogP contribution in [0.3, 0.4) is 0 Å². The van der Waals surface area contributed by atoms with Gasteiger partial charge < -0.3 is 4.52 Å². The number of carbonyl (C=O) groups excluding carboxylic acids is 1. The number of benzene rings is 1. The molecule has 0 aromatic heterocycles. The normalized spacial score (nSPS) is 11.3. The maximum absolute atomic E-state index is 11.4. The number of hydrogen-bond donors (Lipinski definition) is 2. The van der Waals surface area contributed by atoms with Crippen LogP contribution in [0.4, 0.5) is 0 Å². The van der Waals surface area contributed by atoms with Crippen molar-refractivity contribution in [2.75, 3.05) is 0 Å². The summed E-state index contributed by atoms with van der Waals surface area (Å²) in [6, 6.07) is 3.20. The summed E-state index contributed by atoms with van der Waals surface area (Å²) < 4.78 is 14.6. The maximum atomic E-state index is 11.4. The first-order valence-electron chi connectivity index (χ1n) is 4.58. The highest BCUT2D eigenvalue weighted by molar-refractivity contribution is 7.46. The molecule has 0 saturated carbocycles. The molecule has 0 fully saturated rings. The minimum absolute atomic E-state index is 0.173. The van der Waals surface area contributed by atoms with Crippen LogP contribution < -0.4 is 0 Å². The van der Waals surface area contributed by atoms with Gasteiger partial charge in [0.1, 0.15) is 0 Å². The van der Waals surface area contributed by atoms with Gasteiger partial charge in [-0.2, -0.15) is 0 Å². The molecule has 0 bridgehead atoms. The highest BCUT2D eigenvalue weighted by atomic mass is 31.2. The number of aryl methyl sites for hydroxylation is 1. The summed E-state index contributed by atoms with van der Waals surface area (Å²) in [4.78, 5) is 28.5. The summed E-state index contributed by atoms with van der Waals surface area (Å²) in [7, 11) is -4.78. The van der Waals surface area contributed by atoms with Crippen LogP contribution in [0.15, 0.2) is 12.1 Å². The maximum Gasteiger partial charge on any atom is 0.527 e. The number of carbonyl (C=O) groups is 1. The van der Waals surface area contributed by atoms with Crippen LogP contribution >= 0.6 is 7.82 Å². The van der Waals surface area contributed by atoms with Gasteiger partial charge in [0.15, 0.2) is 0 Å². The van der Waals surface area contributed by atoms with Crippen LogP contribution in [0.25, 0.3) is 0 Å². The molecule has 1 aromatic rings. The second kappa shape index (κ2) is 4.37. The van der Waals surface area contributed by atoms with Gasteiger partial charge in [-0.05, 0) is 43.5 Å². The number of rotatable bonds is 2. The molecule has 0 saturated heterocycles. The molecule has 0 unspecified atom stereocenters. The Balaban J connectivity index is 3.11. The van der Waals surface area contributed by atoms with Crippen molar-refractivity contribution in [3.05, 3.63) is 34.4 Å². The van der Waals surface area contributed by atoms with Gasteiger partial charge in [-0.3, -0.25) is 9.79 Å². The van der Waals surface area contributed by atoms with E-state index in [4.69, 9.17) is 9.79 Å². The first-order chi connectivity index (χ1) is 7.22. The molecule has 6 heteroatoms. The third-order valence-electron chi connectivity index (χ3n) is 2.48. The Labute approximate surface area is 93.3 Å². The second-order valence-electron chi connectivity index (χ2n) is 3.55. The first kappa shape index (κ1) is 12.9. The first-order valence-corrected chi connectivity index (χ1v) is 6.11. The second-order valence-corrected chi connectivity index (χ2v) is 4.71. The molecule has 0 aliphatic rings. The highest BCUT2D eigenvalue weighted by Gasteiger charge is 2.23. The summed E-state index contributed by atoms with van der Waals surface area (Å²) >= 11 is 0. The van der Waals surface area contributed by atoms with Crippen molar-refractivity contribution >= 4 is 13.8 Å². The Bertz CT molecular complexity index is 474. The van der Waals surface area contributed by atoms with Crippen LogP contribution in [-0.2, 0) is 9.09 Å². The molecule has 1 rings (SSSR count). The minimum Gasteiger partial charge on any atom is -0.367 e.